The second-order valence-corrected chi connectivity index (χ2v) is 5.82. The summed E-state index contributed by atoms with van der Waals surface area (Å²) in [6.45, 7) is 0.303. The fourth-order valence-corrected chi connectivity index (χ4v) is 2.84. The van der Waals surface area contributed by atoms with Crippen LogP contribution < -0.4 is 4.90 Å². The zero-order valence-electron chi connectivity index (χ0n) is 12.8. The lowest BCUT2D eigenvalue weighted by Gasteiger charge is -2.36. The van der Waals surface area contributed by atoms with Gasteiger partial charge in [-0.15, -0.1) is 0 Å². The van der Waals surface area contributed by atoms with Gasteiger partial charge in [-0.2, -0.15) is 0 Å². The molecule has 1 fully saturated rings. The topological polar surface area (TPSA) is 36.4 Å². The number of piperazine rings is 1. The number of carbonyl (C=O) groups excluding carboxylic acids is 1. The quantitative estimate of drug-likeness (QED) is 0.460. The van der Waals surface area contributed by atoms with E-state index < -0.39 is 34.0 Å². The molecule has 0 aliphatic carbocycles. The highest BCUT2D eigenvalue weighted by molar-refractivity contribution is 6.31. The smallest absolute Gasteiger partial charge is 0.255 e. The molecule has 3 rings (SSSR count). The average Bonchev–Trinajstić information content (AvgIpc) is 2.65. The molecule has 1 aliphatic heterocycles. The van der Waals surface area contributed by atoms with E-state index in [-0.39, 0.29) is 32.1 Å². The Morgan fingerprint density at radius 3 is 2.12 bits per heavy atom. The van der Waals surface area contributed by atoms with E-state index in [4.69, 9.17) is 11.6 Å². The van der Waals surface area contributed by atoms with Gasteiger partial charge in [0.15, 0.2) is 23.3 Å². The molecule has 0 unspecified atom stereocenters. The average molecular weight is 374 g/mol. The maximum Gasteiger partial charge on any atom is 0.255 e. The number of halogens is 5. The number of hydrogen-bond donors (Lipinski definition) is 0. The SMILES string of the molecule is O=C(c1cccnc1)N1CCN(c2c(F)c(F)c(Cl)c(F)c2F)CC1. The Bertz CT molecular complexity index is 782. The molecule has 4 nitrogen and oxygen atoms in total. The normalized spacial score (nSPS) is 14.8. The van der Waals surface area contributed by atoms with Crippen molar-refractivity contribution >= 4 is 23.2 Å². The third-order valence-corrected chi connectivity index (χ3v) is 4.31. The van der Waals surface area contributed by atoms with Crippen molar-refractivity contribution in [3.8, 4) is 0 Å². The molecule has 9 heteroatoms. The maximum absolute atomic E-state index is 14.0. The van der Waals surface area contributed by atoms with E-state index in [9.17, 15) is 22.4 Å². The molecule has 0 N–H and O–H groups in total. The number of hydrogen-bond acceptors (Lipinski definition) is 3. The minimum Gasteiger partial charge on any atom is -0.363 e. The van der Waals surface area contributed by atoms with E-state index in [2.05, 4.69) is 4.98 Å². The summed E-state index contributed by atoms with van der Waals surface area (Å²) >= 11 is 5.22. The van der Waals surface area contributed by atoms with Gasteiger partial charge in [0, 0.05) is 38.6 Å². The summed E-state index contributed by atoms with van der Waals surface area (Å²) in [5, 5.41) is -1.22. The summed E-state index contributed by atoms with van der Waals surface area (Å²) in [5.41, 5.74) is -0.426. The van der Waals surface area contributed by atoms with Crippen LogP contribution in [0.5, 0.6) is 0 Å². The van der Waals surface area contributed by atoms with Gasteiger partial charge in [0.25, 0.3) is 5.91 Å². The molecule has 0 atom stereocenters. The molecule has 1 aromatic heterocycles. The number of benzene rings is 1. The Morgan fingerprint density at radius 1 is 1.00 bits per heavy atom. The summed E-state index contributed by atoms with van der Waals surface area (Å²) in [6, 6.07) is 3.22. The van der Waals surface area contributed by atoms with E-state index in [1.807, 2.05) is 0 Å². The van der Waals surface area contributed by atoms with E-state index in [1.54, 1.807) is 12.1 Å². The largest absolute Gasteiger partial charge is 0.363 e. The van der Waals surface area contributed by atoms with Crippen molar-refractivity contribution in [2.24, 2.45) is 0 Å². The zero-order valence-corrected chi connectivity index (χ0v) is 13.5. The summed E-state index contributed by atoms with van der Waals surface area (Å²) in [6.07, 6.45) is 2.95. The summed E-state index contributed by atoms with van der Waals surface area (Å²) in [4.78, 5) is 18.8. The third kappa shape index (κ3) is 3.13. The standard InChI is InChI=1S/C16H12ClF4N3O/c17-10-11(18)13(20)15(14(21)12(10)19)23-4-6-24(7-5-23)16(25)9-2-1-3-22-8-9/h1-3,8H,4-7H2. The highest BCUT2D eigenvalue weighted by Gasteiger charge is 2.31. The molecule has 0 saturated carbocycles. The van der Waals surface area contributed by atoms with Gasteiger partial charge in [0.1, 0.15) is 10.7 Å². The lowest BCUT2D eigenvalue weighted by Crippen LogP contribution is -2.49. The van der Waals surface area contributed by atoms with Gasteiger partial charge in [-0.3, -0.25) is 9.78 Å². The predicted molar refractivity (Wildman–Crippen MR) is 83.6 cm³/mol. The molecule has 0 spiro atoms. The Kier molecular flexibility index (Phi) is 4.80. The molecular weight excluding hydrogens is 362 g/mol. The number of aromatic nitrogens is 1. The Labute approximate surface area is 145 Å². The lowest BCUT2D eigenvalue weighted by atomic mass is 10.2. The van der Waals surface area contributed by atoms with Crippen molar-refractivity contribution in [1.29, 1.82) is 0 Å². The van der Waals surface area contributed by atoms with Gasteiger partial charge in [-0.1, -0.05) is 11.6 Å². The summed E-state index contributed by atoms with van der Waals surface area (Å²) in [5.74, 6) is -6.64. The van der Waals surface area contributed by atoms with Crippen molar-refractivity contribution < 1.29 is 22.4 Å². The Morgan fingerprint density at radius 2 is 1.60 bits per heavy atom. The van der Waals surface area contributed by atoms with Crippen molar-refractivity contribution in [1.82, 2.24) is 9.88 Å². The number of pyridine rings is 1. The molecule has 0 bridgehead atoms. The summed E-state index contributed by atoms with van der Waals surface area (Å²) in [7, 11) is 0. The molecule has 2 heterocycles. The van der Waals surface area contributed by atoms with Gasteiger partial charge >= 0.3 is 0 Å². The molecular formula is C16H12ClF4N3O. The fourth-order valence-electron chi connectivity index (χ4n) is 2.68. The van der Waals surface area contributed by atoms with Gasteiger partial charge < -0.3 is 9.80 Å². The van der Waals surface area contributed by atoms with E-state index in [0.29, 0.717) is 5.56 Å². The lowest BCUT2D eigenvalue weighted by molar-refractivity contribution is 0.0746. The number of amides is 1. The zero-order chi connectivity index (χ0) is 18.1. The molecule has 132 valence electrons. The van der Waals surface area contributed by atoms with Crippen LogP contribution in [-0.2, 0) is 0 Å². The van der Waals surface area contributed by atoms with Gasteiger partial charge in [-0.25, -0.2) is 17.6 Å². The van der Waals surface area contributed by atoms with Crippen LogP contribution in [0.2, 0.25) is 5.02 Å². The first-order valence-electron chi connectivity index (χ1n) is 7.37. The Balaban J connectivity index is 1.79. The minimum atomic E-state index is -1.63. The minimum absolute atomic E-state index is 0.0142. The number of rotatable bonds is 2. The van der Waals surface area contributed by atoms with Crippen LogP contribution in [0.3, 0.4) is 0 Å². The van der Waals surface area contributed by atoms with E-state index >= 15 is 0 Å². The molecule has 0 radical (unpaired) electrons. The Hall–Kier alpha value is -2.35. The first-order valence-corrected chi connectivity index (χ1v) is 7.75. The molecule has 25 heavy (non-hydrogen) atoms. The maximum atomic E-state index is 14.0. The first kappa shape index (κ1) is 17.5. The van der Waals surface area contributed by atoms with Gasteiger partial charge in [-0.05, 0) is 12.1 Å². The second kappa shape index (κ2) is 6.87. The van der Waals surface area contributed by atoms with Gasteiger partial charge in [0.2, 0.25) is 0 Å². The van der Waals surface area contributed by atoms with Crippen molar-refractivity contribution in [2.75, 3.05) is 31.1 Å². The van der Waals surface area contributed by atoms with Crippen LogP contribution in [0.4, 0.5) is 23.2 Å². The molecule has 2 aromatic rings. The van der Waals surface area contributed by atoms with Crippen LogP contribution in [0, 0.1) is 23.3 Å². The van der Waals surface area contributed by atoms with Crippen molar-refractivity contribution in [3.63, 3.8) is 0 Å². The number of nitrogens with zero attached hydrogens (tertiary/aromatic N) is 3. The van der Waals surface area contributed by atoms with E-state index in [0.717, 1.165) is 4.90 Å². The van der Waals surface area contributed by atoms with Crippen molar-refractivity contribution in [2.45, 2.75) is 0 Å². The highest BCUT2D eigenvalue weighted by atomic mass is 35.5. The molecule has 1 amide bonds. The van der Waals surface area contributed by atoms with Crippen molar-refractivity contribution in [3.05, 3.63) is 58.4 Å². The monoisotopic (exact) mass is 373 g/mol. The molecule has 1 aliphatic rings. The fraction of sp³-hybridized carbons (Fsp3) is 0.250. The number of carbonyl (C=O) groups is 1. The van der Waals surface area contributed by atoms with Crippen LogP contribution >= 0.6 is 11.6 Å². The number of anilines is 1. The van der Waals surface area contributed by atoms with Crippen LogP contribution in [-0.4, -0.2) is 42.0 Å². The van der Waals surface area contributed by atoms with Gasteiger partial charge in [0.05, 0.1) is 5.56 Å². The predicted octanol–water partition coefficient (Wildman–Crippen LogP) is 3.25. The van der Waals surface area contributed by atoms with Crippen LogP contribution in [0.1, 0.15) is 10.4 Å². The van der Waals surface area contributed by atoms with Crippen LogP contribution in [0.25, 0.3) is 0 Å². The van der Waals surface area contributed by atoms with Crippen LogP contribution in [0.15, 0.2) is 24.5 Å². The summed E-state index contributed by atoms with van der Waals surface area (Å²) < 4.78 is 55.2. The third-order valence-electron chi connectivity index (χ3n) is 3.98. The molecule has 1 aromatic carbocycles. The molecule has 1 saturated heterocycles. The second-order valence-electron chi connectivity index (χ2n) is 5.44. The highest BCUT2D eigenvalue weighted by Crippen LogP contribution is 2.33. The van der Waals surface area contributed by atoms with E-state index in [1.165, 1.54) is 17.3 Å². The first-order chi connectivity index (χ1) is 11.9.